The maximum atomic E-state index is 12.2. The Morgan fingerprint density at radius 3 is 2.67 bits per heavy atom. The summed E-state index contributed by atoms with van der Waals surface area (Å²) in [7, 11) is 1.57. The van der Waals surface area contributed by atoms with Crippen LogP contribution < -0.4 is 10.5 Å². The number of benzene rings is 1. The predicted octanol–water partition coefficient (Wildman–Crippen LogP) is 1.97. The molecule has 4 nitrogen and oxygen atoms in total. The average Bonchev–Trinajstić information content (AvgIpc) is 2.90. The van der Waals surface area contributed by atoms with E-state index in [1.165, 1.54) is 0 Å². The molecule has 0 aliphatic carbocycles. The lowest BCUT2D eigenvalue weighted by molar-refractivity contribution is -0.131. The van der Waals surface area contributed by atoms with E-state index in [1.807, 2.05) is 0 Å². The van der Waals surface area contributed by atoms with Crippen LogP contribution in [-0.4, -0.2) is 31.0 Å². The van der Waals surface area contributed by atoms with Gasteiger partial charge in [-0.2, -0.15) is 0 Å². The molecule has 2 N–H and O–H groups in total. The van der Waals surface area contributed by atoms with E-state index in [0.717, 1.165) is 25.9 Å². The number of hydrogen-bond acceptors (Lipinski definition) is 3. The highest BCUT2D eigenvalue weighted by Crippen LogP contribution is 2.27. The zero-order chi connectivity index (χ0) is 13.1. The monoisotopic (exact) mass is 268 g/mol. The first kappa shape index (κ1) is 13.2. The highest BCUT2D eigenvalue weighted by Gasteiger charge is 2.26. The van der Waals surface area contributed by atoms with Gasteiger partial charge >= 0.3 is 0 Å². The number of carbonyl (C=O) groups is 1. The Hall–Kier alpha value is -1.26. The molecule has 1 unspecified atom stereocenters. The number of ether oxygens (including phenoxy) is 1. The molecule has 98 valence electrons. The normalized spacial score (nSPS) is 16.7. The molecular formula is C13H17ClN2O2. The molecule has 0 bridgehead atoms. The Bertz CT molecular complexity index is 445. The van der Waals surface area contributed by atoms with Crippen LogP contribution >= 0.6 is 11.6 Å². The van der Waals surface area contributed by atoms with Gasteiger partial charge in [0.2, 0.25) is 5.91 Å². The van der Waals surface area contributed by atoms with Gasteiger partial charge in [0, 0.05) is 18.1 Å². The fourth-order valence-corrected chi connectivity index (χ4v) is 2.44. The fourth-order valence-electron chi connectivity index (χ4n) is 2.15. The molecule has 0 saturated carbocycles. The van der Waals surface area contributed by atoms with Crippen molar-refractivity contribution < 1.29 is 9.53 Å². The molecule has 0 aromatic heterocycles. The van der Waals surface area contributed by atoms with Crippen LogP contribution in [0.3, 0.4) is 0 Å². The van der Waals surface area contributed by atoms with E-state index in [-0.39, 0.29) is 5.91 Å². The molecule has 2 rings (SSSR count). The molecule has 1 saturated heterocycles. The molecule has 1 atom stereocenters. The Morgan fingerprint density at radius 1 is 1.44 bits per heavy atom. The van der Waals surface area contributed by atoms with E-state index in [1.54, 1.807) is 30.2 Å². The quantitative estimate of drug-likeness (QED) is 0.912. The smallest absolute Gasteiger partial charge is 0.244 e. The SMILES string of the molecule is COc1ccc(C(N)C(=O)N2CCCC2)c(Cl)c1. The molecular weight excluding hydrogens is 252 g/mol. The minimum atomic E-state index is -0.693. The Kier molecular flexibility index (Phi) is 4.09. The van der Waals surface area contributed by atoms with Gasteiger partial charge in [0.1, 0.15) is 11.8 Å². The molecule has 0 radical (unpaired) electrons. The van der Waals surface area contributed by atoms with Crippen molar-refractivity contribution in [2.45, 2.75) is 18.9 Å². The van der Waals surface area contributed by atoms with E-state index in [0.29, 0.717) is 16.3 Å². The lowest BCUT2D eigenvalue weighted by atomic mass is 10.1. The first-order valence-electron chi connectivity index (χ1n) is 6.01. The second-order valence-electron chi connectivity index (χ2n) is 4.40. The third kappa shape index (κ3) is 2.60. The summed E-state index contributed by atoms with van der Waals surface area (Å²) in [5.41, 5.74) is 6.64. The summed E-state index contributed by atoms with van der Waals surface area (Å²) in [5.74, 6) is 0.601. The molecule has 1 aliphatic rings. The predicted molar refractivity (Wildman–Crippen MR) is 70.7 cm³/mol. The molecule has 1 heterocycles. The van der Waals surface area contributed by atoms with E-state index in [9.17, 15) is 4.79 Å². The molecule has 1 aromatic carbocycles. The second-order valence-corrected chi connectivity index (χ2v) is 4.80. The minimum absolute atomic E-state index is 0.0560. The Balaban J connectivity index is 2.17. The number of amides is 1. The van der Waals surface area contributed by atoms with Crippen molar-refractivity contribution in [2.24, 2.45) is 5.73 Å². The van der Waals surface area contributed by atoms with Crippen LogP contribution in [0.5, 0.6) is 5.75 Å². The summed E-state index contributed by atoms with van der Waals surface area (Å²) in [5, 5.41) is 0.467. The fraction of sp³-hybridized carbons (Fsp3) is 0.462. The molecule has 1 fully saturated rings. The first-order chi connectivity index (χ1) is 8.63. The van der Waals surface area contributed by atoms with Crippen LogP contribution in [0, 0.1) is 0 Å². The van der Waals surface area contributed by atoms with Crippen molar-refractivity contribution in [3.8, 4) is 5.75 Å². The third-order valence-corrected chi connectivity index (χ3v) is 3.55. The van der Waals surface area contributed by atoms with Crippen LogP contribution in [0.15, 0.2) is 18.2 Å². The van der Waals surface area contributed by atoms with Gasteiger partial charge in [-0.3, -0.25) is 4.79 Å². The lowest BCUT2D eigenvalue weighted by Gasteiger charge is -2.21. The molecule has 18 heavy (non-hydrogen) atoms. The third-order valence-electron chi connectivity index (χ3n) is 3.23. The van der Waals surface area contributed by atoms with Crippen LogP contribution in [0.2, 0.25) is 5.02 Å². The maximum absolute atomic E-state index is 12.2. The van der Waals surface area contributed by atoms with Crippen molar-refractivity contribution in [3.63, 3.8) is 0 Å². The summed E-state index contributed by atoms with van der Waals surface area (Å²) in [6.45, 7) is 1.58. The van der Waals surface area contributed by atoms with Gasteiger partial charge in [0.25, 0.3) is 0 Å². The van der Waals surface area contributed by atoms with Gasteiger partial charge in [-0.25, -0.2) is 0 Å². The number of nitrogens with two attached hydrogens (primary N) is 1. The number of halogens is 1. The van der Waals surface area contributed by atoms with Gasteiger partial charge < -0.3 is 15.4 Å². The number of hydrogen-bond donors (Lipinski definition) is 1. The number of nitrogens with zero attached hydrogens (tertiary/aromatic N) is 1. The number of rotatable bonds is 3. The Labute approximate surface area is 112 Å². The topological polar surface area (TPSA) is 55.6 Å². The van der Waals surface area contributed by atoms with E-state index in [4.69, 9.17) is 22.1 Å². The highest BCUT2D eigenvalue weighted by atomic mass is 35.5. The number of methoxy groups -OCH3 is 1. The number of likely N-dealkylation sites (tertiary alicyclic amines) is 1. The zero-order valence-electron chi connectivity index (χ0n) is 10.4. The summed E-state index contributed by atoms with van der Waals surface area (Å²) >= 11 is 6.12. The van der Waals surface area contributed by atoms with Gasteiger partial charge in [0.15, 0.2) is 0 Å². The average molecular weight is 269 g/mol. The van der Waals surface area contributed by atoms with Crippen LogP contribution in [0.4, 0.5) is 0 Å². The highest BCUT2D eigenvalue weighted by molar-refractivity contribution is 6.31. The summed E-state index contributed by atoms with van der Waals surface area (Å²) in [4.78, 5) is 14.0. The Morgan fingerprint density at radius 2 is 2.11 bits per heavy atom. The molecule has 1 amide bonds. The second kappa shape index (κ2) is 5.59. The van der Waals surface area contributed by atoms with Gasteiger partial charge in [-0.1, -0.05) is 17.7 Å². The minimum Gasteiger partial charge on any atom is -0.497 e. The largest absolute Gasteiger partial charge is 0.497 e. The van der Waals surface area contributed by atoms with E-state index < -0.39 is 6.04 Å². The lowest BCUT2D eigenvalue weighted by Crippen LogP contribution is -2.36. The molecule has 0 spiro atoms. The summed E-state index contributed by atoms with van der Waals surface area (Å²) in [6.07, 6.45) is 2.10. The van der Waals surface area contributed by atoms with Crippen molar-refractivity contribution in [3.05, 3.63) is 28.8 Å². The number of carbonyl (C=O) groups excluding carboxylic acids is 1. The molecule has 5 heteroatoms. The standard InChI is InChI=1S/C13H17ClN2O2/c1-18-9-4-5-10(11(14)8-9)12(15)13(17)16-6-2-3-7-16/h4-5,8,12H,2-3,6-7,15H2,1H3. The van der Waals surface area contributed by atoms with Gasteiger partial charge in [0.05, 0.1) is 7.11 Å². The van der Waals surface area contributed by atoms with Crippen molar-refractivity contribution in [2.75, 3.05) is 20.2 Å². The van der Waals surface area contributed by atoms with Crippen LogP contribution in [0.1, 0.15) is 24.4 Å². The molecule has 1 aliphatic heterocycles. The van der Waals surface area contributed by atoms with Crippen LogP contribution in [-0.2, 0) is 4.79 Å². The van der Waals surface area contributed by atoms with Gasteiger partial charge in [-0.15, -0.1) is 0 Å². The first-order valence-corrected chi connectivity index (χ1v) is 6.39. The van der Waals surface area contributed by atoms with Crippen molar-refractivity contribution >= 4 is 17.5 Å². The summed E-state index contributed by atoms with van der Waals surface area (Å²) in [6, 6.07) is 4.49. The zero-order valence-corrected chi connectivity index (χ0v) is 11.1. The van der Waals surface area contributed by atoms with Crippen molar-refractivity contribution in [1.82, 2.24) is 4.90 Å². The molecule has 1 aromatic rings. The van der Waals surface area contributed by atoms with E-state index in [2.05, 4.69) is 0 Å². The van der Waals surface area contributed by atoms with E-state index >= 15 is 0 Å². The maximum Gasteiger partial charge on any atom is 0.244 e. The van der Waals surface area contributed by atoms with Crippen LogP contribution in [0.25, 0.3) is 0 Å². The summed E-state index contributed by atoms with van der Waals surface area (Å²) < 4.78 is 5.07. The van der Waals surface area contributed by atoms with Gasteiger partial charge in [-0.05, 0) is 30.5 Å². The van der Waals surface area contributed by atoms with Crippen molar-refractivity contribution in [1.29, 1.82) is 0 Å².